The first kappa shape index (κ1) is 14.9. The molecule has 1 N–H and O–H groups in total. The van der Waals surface area contributed by atoms with Crippen LogP contribution in [0.5, 0.6) is 0 Å². The molecule has 0 fully saturated rings. The van der Waals surface area contributed by atoms with Gasteiger partial charge in [0.25, 0.3) is 0 Å². The maximum atomic E-state index is 5.14. The van der Waals surface area contributed by atoms with Crippen LogP contribution < -0.4 is 10.2 Å². The topological polar surface area (TPSA) is 50.3 Å². The van der Waals surface area contributed by atoms with E-state index in [1.807, 2.05) is 19.4 Å². The van der Waals surface area contributed by atoms with Crippen LogP contribution in [0.3, 0.4) is 0 Å². The molecule has 0 saturated heterocycles. The first-order valence-electron chi connectivity index (χ1n) is 6.30. The van der Waals surface area contributed by atoms with E-state index >= 15 is 0 Å². The van der Waals surface area contributed by atoms with E-state index in [0.29, 0.717) is 12.6 Å². The molecule has 0 aromatic carbocycles. The molecule has 102 valence electrons. The van der Waals surface area contributed by atoms with E-state index in [-0.39, 0.29) is 6.04 Å². The van der Waals surface area contributed by atoms with Gasteiger partial charge in [-0.1, -0.05) is 13.8 Å². The van der Waals surface area contributed by atoms with Crippen molar-refractivity contribution in [1.82, 2.24) is 15.3 Å². The molecule has 1 rings (SSSR count). The van der Waals surface area contributed by atoms with Crippen molar-refractivity contribution >= 4 is 5.82 Å². The number of nitrogens with zero attached hydrogens (tertiary/aromatic N) is 3. The van der Waals surface area contributed by atoms with E-state index in [4.69, 9.17) is 4.74 Å². The van der Waals surface area contributed by atoms with Gasteiger partial charge in [-0.15, -0.1) is 0 Å². The summed E-state index contributed by atoms with van der Waals surface area (Å²) in [6.07, 6.45) is 3.63. The Kier molecular flexibility index (Phi) is 6.01. The third kappa shape index (κ3) is 4.58. The summed E-state index contributed by atoms with van der Waals surface area (Å²) in [5.41, 5.74) is 0.959. The fourth-order valence-corrected chi connectivity index (χ4v) is 1.51. The number of ether oxygens (including phenoxy) is 1. The Morgan fingerprint density at radius 3 is 2.50 bits per heavy atom. The normalized spacial score (nSPS) is 12.8. The van der Waals surface area contributed by atoms with Crippen molar-refractivity contribution in [2.24, 2.45) is 0 Å². The lowest BCUT2D eigenvalue weighted by Gasteiger charge is -2.25. The summed E-state index contributed by atoms with van der Waals surface area (Å²) in [6, 6.07) is 0.736. The zero-order chi connectivity index (χ0) is 13.5. The Morgan fingerprint density at radius 2 is 2.00 bits per heavy atom. The predicted octanol–water partition coefficient (Wildman–Crippen LogP) is 1.45. The van der Waals surface area contributed by atoms with Crippen LogP contribution in [0, 0.1) is 0 Å². The lowest BCUT2D eigenvalue weighted by Crippen LogP contribution is -2.33. The van der Waals surface area contributed by atoms with E-state index in [2.05, 4.69) is 41.0 Å². The van der Waals surface area contributed by atoms with Crippen molar-refractivity contribution < 1.29 is 4.74 Å². The highest BCUT2D eigenvalue weighted by Gasteiger charge is 2.11. The van der Waals surface area contributed by atoms with Gasteiger partial charge in [-0.05, 0) is 6.92 Å². The van der Waals surface area contributed by atoms with E-state index < -0.39 is 0 Å². The average Bonchev–Trinajstić information content (AvgIpc) is 2.36. The van der Waals surface area contributed by atoms with Crippen molar-refractivity contribution in [1.29, 1.82) is 0 Å². The van der Waals surface area contributed by atoms with Gasteiger partial charge in [0.1, 0.15) is 5.82 Å². The zero-order valence-electron chi connectivity index (χ0n) is 12.0. The number of hydrogen-bond donors (Lipinski definition) is 1. The maximum absolute atomic E-state index is 5.14. The van der Waals surface area contributed by atoms with Crippen LogP contribution >= 0.6 is 0 Å². The molecular weight excluding hydrogens is 228 g/mol. The molecule has 0 aliphatic carbocycles. The Balaban J connectivity index is 2.58. The lowest BCUT2D eigenvalue weighted by molar-refractivity contribution is 0.183. The molecule has 0 saturated carbocycles. The van der Waals surface area contributed by atoms with Gasteiger partial charge in [-0.25, -0.2) is 4.98 Å². The van der Waals surface area contributed by atoms with Crippen LogP contribution in [0.1, 0.15) is 26.5 Å². The van der Waals surface area contributed by atoms with Gasteiger partial charge in [0.15, 0.2) is 0 Å². The molecule has 5 heteroatoms. The molecule has 0 bridgehead atoms. The highest BCUT2D eigenvalue weighted by atomic mass is 16.5. The predicted molar refractivity (Wildman–Crippen MR) is 73.7 cm³/mol. The summed E-state index contributed by atoms with van der Waals surface area (Å²) < 4.78 is 5.14. The molecule has 1 aromatic rings. The number of likely N-dealkylation sites (N-methyl/N-ethyl adjacent to an activating group) is 1. The van der Waals surface area contributed by atoms with Gasteiger partial charge in [0.05, 0.1) is 30.7 Å². The van der Waals surface area contributed by atoms with Crippen LogP contribution in [-0.4, -0.2) is 42.8 Å². The fraction of sp³-hybridized carbons (Fsp3) is 0.692. The summed E-state index contributed by atoms with van der Waals surface area (Å²) in [5, 5.41) is 3.32. The van der Waals surface area contributed by atoms with Gasteiger partial charge < -0.3 is 15.0 Å². The minimum Gasteiger partial charge on any atom is -0.383 e. The monoisotopic (exact) mass is 252 g/mol. The molecule has 0 aliphatic rings. The smallest absolute Gasteiger partial charge is 0.147 e. The third-order valence-corrected chi connectivity index (χ3v) is 2.81. The number of anilines is 1. The van der Waals surface area contributed by atoms with Crippen LogP contribution in [0.2, 0.25) is 0 Å². The summed E-state index contributed by atoms with van der Waals surface area (Å²) in [5.74, 6) is 0.868. The summed E-state index contributed by atoms with van der Waals surface area (Å²) in [4.78, 5) is 10.9. The number of nitrogens with one attached hydrogen (secondary N) is 1. The zero-order valence-corrected chi connectivity index (χ0v) is 12.0. The molecule has 0 amide bonds. The van der Waals surface area contributed by atoms with Crippen LogP contribution in [-0.2, 0) is 11.3 Å². The highest BCUT2D eigenvalue weighted by Crippen LogP contribution is 2.10. The molecule has 1 aromatic heterocycles. The quantitative estimate of drug-likeness (QED) is 0.796. The minimum absolute atomic E-state index is 0.281. The Morgan fingerprint density at radius 1 is 1.28 bits per heavy atom. The van der Waals surface area contributed by atoms with E-state index in [1.54, 1.807) is 7.11 Å². The van der Waals surface area contributed by atoms with Crippen molar-refractivity contribution in [3.8, 4) is 0 Å². The highest BCUT2D eigenvalue weighted by molar-refractivity contribution is 5.35. The molecular formula is C13H24N4O. The molecule has 1 unspecified atom stereocenters. The van der Waals surface area contributed by atoms with Gasteiger partial charge >= 0.3 is 0 Å². The van der Waals surface area contributed by atoms with E-state index in [1.165, 1.54) is 0 Å². The fourth-order valence-electron chi connectivity index (χ4n) is 1.51. The number of methoxy groups -OCH3 is 1. The molecule has 0 aliphatic heterocycles. The first-order chi connectivity index (χ1) is 8.54. The number of aromatic nitrogens is 2. The summed E-state index contributed by atoms with van der Waals surface area (Å²) in [6.45, 7) is 7.75. The van der Waals surface area contributed by atoms with Crippen molar-refractivity contribution in [2.75, 3.05) is 25.7 Å². The number of hydrogen-bond acceptors (Lipinski definition) is 5. The van der Waals surface area contributed by atoms with E-state index in [0.717, 1.165) is 18.1 Å². The van der Waals surface area contributed by atoms with Crippen molar-refractivity contribution in [3.63, 3.8) is 0 Å². The second kappa shape index (κ2) is 7.28. The van der Waals surface area contributed by atoms with Crippen LogP contribution in [0.25, 0.3) is 0 Å². The second-order valence-electron chi connectivity index (χ2n) is 4.82. The molecule has 0 radical (unpaired) electrons. The summed E-state index contributed by atoms with van der Waals surface area (Å²) in [7, 11) is 3.70. The van der Waals surface area contributed by atoms with Crippen LogP contribution in [0.4, 0.5) is 5.82 Å². The molecule has 1 atom stereocenters. The Bertz CT molecular complexity index is 339. The standard InChI is InChI=1S/C13H24N4O/c1-10(2)14-6-12-7-16-13(8-15-12)17(4)11(3)9-18-5/h7-8,10-11,14H,6,9H2,1-5H3. The largest absolute Gasteiger partial charge is 0.383 e. The molecule has 0 spiro atoms. The average molecular weight is 252 g/mol. The molecule has 5 nitrogen and oxygen atoms in total. The summed E-state index contributed by atoms with van der Waals surface area (Å²) >= 11 is 0. The Labute approximate surface area is 110 Å². The molecule has 1 heterocycles. The van der Waals surface area contributed by atoms with Gasteiger partial charge in [-0.2, -0.15) is 0 Å². The minimum atomic E-state index is 0.281. The van der Waals surface area contributed by atoms with Gasteiger partial charge in [0, 0.05) is 26.7 Å². The van der Waals surface area contributed by atoms with Gasteiger partial charge in [0.2, 0.25) is 0 Å². The third-order valence-electron chi connectivity index (χ3n) is 2.81. The van der Waals surface area contributed by atoms with E-state index in [9.17, 15) is 0 Å². The second-order valence-corrected chi connectivity index (χ2v) is 4.82. The first-order valence-corrected chi connectivity index (χ1v) is 6.30. The lowest BCUT2D eigenvalue weighted by atomic mass is 10.3. The molecule has 18 heavy (non-hydrogen) atoms. The SMILES string of the molecule is COCC(C)N(C)c1cnc(CNC(C)C)cn1. The van der Waals surface area contributed by atoms with Crippen molar-refractivity contribution in [3.05, 3.63) is 18.1 Å². The maximum Gasteiger partial charge on any atom is 0.147 e. The van der Waals surface area contributed by atoms with Crippen molar-refractivity contribution in [2.45, 2.75) is 39.4 Å². The van der Waals surface area contributed by atoms with Gasteiger partial charge in [-0.3, -0.25) is 4.98 Å². The number of rotatable bonds is 7. The van der Waals surface area contributed by atoms with Crippen LogP contribution in [0.15, 0.2) is 12.4 Å². The Hall–Kier alpha value is -1.20.